The first kappa shape index (κ1) is 12.3. The molecule has 0 aromatic carbocycles. The second-order valence-electron chi connectivity index (χ2n) is 5.59. The summed E-state index contributed by atoms with van der Waals surface area (Å²) in [5.74, 6) is 0.942. The van der Waals surface area contributed by atoms with Crippen molar-refractivity contribution in [2.45, 2.75) is 41.0 Å². The number of nitrogens with zero attached hydrogens (tertiary/aromatic N) is 4. The van der Waals surface area contributed by atoms with Crippen LogP contribution in [-0.2, 0) is 6.42 Å². The average molecular weight is 253 g/mol. The maximum absolute atomic E-state index is 6.08. The van der Waals surface area contributed by atoms with E-state index in [0.717, 1.165) is 23.6 Å². The molecule has 0 amide bonds. The van der Waals surface area contributed by atoms with Gasteiger partial charge in [-0.3, -0.25) is 4.40 Å². The number of fused-ring (bicyclic) bond motifs is 1. The Morgan fingerprint density at radius 3 is 2.41 bits per heavy atom. The van der Waals surface area contributed by atoms with Gasteiger partial charge in [0.2, 0.25) is 0 Å². The summed E-state index contributed by atoms with van der Waals surface area (Å²) >= 11 is 6.08. The first-order valence-corrected chi connectivity index (χ1v) is 6.04. The van der Waals surface area contributed by atoms with Crippen LogP contribution in [-0.4, -0.2) is 19.6 Å². The molecular formula is C12H17ClN4. The first-order chi connectivity index (χ1) is 7.79. The zero-order valence-corrected chi connectivity index (χ0v) is 11.6. The van der Waals surface area contributed by atoms with Crippen LogP contribution in [0.3, 0.4) is 0 Å². The van der Waals surface area contributed by atoms with Gasteiger partial charge in [0.05, 0.1) is 5.69 Å². The van der Waals surface area contributed by atoms with Gasteiger partial charge in [-0.2, -0.15) is 0 Å². The molecule has 4 nitrogen and oxygen atoms in total. The van der Waals surface area contributed by atoms with Gasteiger partial charge in [0.15, 0.2) is 10.8 Å². The summed E-state index contributed by atoms with van der Waals surface area (Å²) in [4.78, 5) is 4.25. The summed E-state index contributed by atoms with van der Waals surface area (Å²) in [5, 5.41) is 8.77. The highest BCUT2D eigenvalue weighted by Crippen LogP contribution is 2.23. The standard InChI is InChI=1S/C12H17ClN4/c1-7-8(2)17-9(6-12(3,4)5)15-16-11(17)10(13)14-7/h6H2,1-5H3. The maximum atomic E-state index is 6.08. The van der Waals surface area contributed by atoms with Crippen LogP contribution in [0, 0.1) is 19.3 Å². The van der Waals surface area contributed by atoms with Gasteiger partial charge in [0, 0.05) is 12.1 Å². The molecule has 5 heteroatoms. The number of aryl methyl sites for hydroxylation is 2. The van der Waals surface area contributed by atoms with Gasteiger partial charge >= 0.3 is 0 Å². The second-order valence-corrected chi connectivity index (χ2v) is 5.94. The number of halogens is 1. The molecule has 92 valence electrons. The highest BCUT2D eigenvalue weighted by molar-refractivity contribution is 6.32. The van der Waals surface area contributed by atoms with Gasteiger partial charge in [0.1, 0.15) is 5.82 Å². The fourth-order valence-corrected chi connectivity index (χ4v) is 2.08. The van der Waals surface area contributed by atoms with E-state index in [4.69, 9.17) is 11.6 Å². The van der Waals surface area contributed by atoms with Crippen LogP contribution < -0.4 is 0 Å². The molecule has 0 spiro atoms. The van der Waals surface area contributed by atoms with Crippen LogP contribution >= 0.6 is 11.6 Å². The largest absolute Gasteiger partial charge is 0.279 e. The first-order valence-electron chi connectivity index (χ1n) is 5.66. The molecule has 0 radical (unpaired) electrons. The summed E-state index contributed by atoms with van der Waals surface area (Å²) in [6.07, 6.45) is 0.856. The van der Waals surface area contributed by atoms with Crippen LogP contribution in [0.25, 0.3) is 5.65 Å². The topological polar surface area (TPSA) is 43.1 Å². The molecule has 0 unspecified atom stereocenters. The Hall–Kier alpha value is -1.16. The molecule has 0 aliphatic carbocycles. The molecule has 0 aliphatic heterocycles. The quantitative estimate of drug-likeness (QED) is 0.784. The van der Waals surface area contributed by atoms with E-state index in [1.807, 2.05) is 18.2 Å². The van der Waals surface area contributed by atoms with E-state index in [9.17, 15) is 0 Å². The molecule has 0 N–H and O–H groups in total. The molecule has 2 rings (SSSR count). The van der Waals surface area contributed by atoms with Gasteiger partial charge in [-0.1, -0.05) is 32.4 Å². The third kappa shape index (κ3) is 2.27. The SMILES string of the molecule is Cc1nc(Cl)c2nnc(CC(C)(C)C)n2c1C. The predicted molar refractivity (Wildman–Crippen MR) is 68.4 cm³/mol. The van der Waals surface area contributed by atoms with Crippen molar-refractivity contribution in [2.24, 2.45) is 5.41 Å². The molecule has 2 heterocycles. The lowest BCUT2D eigenvalue weighted by Crippen LogP contribution is -2.13. The van der Waals surface area contributed by atoms with Crippen molar-refractivity contribution in [1.29, 1.82) is 0 Å². The minimum absolute atomic E-state index is 0.166. The zero-order chi connectivity index (χ0) is 12.8. The Bertz CT molecular complexity index is 566. The molecule has 0 fully saturated rings. The van der Waals surface area contributed by atoms with Gasteiger partial charge < -0.3 is 0 Å². The maximum Gasteiger partial charge on any atom is 0.198 e. The molecular weight excluding hydrogens is 236 g/mol. The zero-order valence-electron chi connectivity index (χ0n) is 10.9. The summed E-state index contributed by atoms with van der Waals surface area (Å²) < 4.78 is 2.01. The summed E-state index contributed by atoms with van der Waals surface area (Å²) in [5.41, 5.74) is 2.78. The predicted octanol–water partition coefficient (Wildman–Crippen LogP) is 2.98. The monoisotopic (exact) mass is 252 g/mol. The Balaban J connectivity index is 2.67. The van der Waals surface area contributed by atoms with E-state index in [1.54, 1.807) is 0 Å². The lowest BCUT2D eigenvalue weighted by molar-refractivity contribution is 0.398. The lowest BCUT2D eigenvalue weighted by Gasteiger charge is -2.17. The lowest BCUT2D eigenvalue weighted by atomic mass is 9.92. The van der Waals surface area contributed by atoms with Crippen molar-refractivity contribution in [3.05, 3.63) is 22.4 Å². The Labute approximate surface area is 106 Å². The molecule has 0 saturated heterocycles. The minimum Gasteiger partial charge on any atom is -0.279 e. The van der Waals surface area contributed by atoms with Crippen molar-refractivity contribution in [3.63, 3.8) is 0 Å². The third-order valence-electron chi connectivity index (χ3n) is 2.73. The van der Waals surface area contributed by atoms with Crippen molar-refractivity contribution in [2.75, 3.05) is 0 Å². The second kappa shape index (κ2) is 3.95. The summed E-state index contributed by atoms with van der Waals surface area (Å²) in [6, 6.07) is 0. The van der Waals surface area contributed by atoms with E-state index in [0.29, 0.717) is 10.8 Å². The fraction of sp³-hybridized carbons (Fsp3) is 0.583. The normalized spacial score (nSPS) is 12.4. The highest BCUT2D eigenvalue weighted by atomic mass is 35.5. The Morgan fingerprint density at radius 1 is 1.18 bits per heavy atom. The molecule has 0 bridgehead atoms. The molecule has 0 saturated carbocycles. The van der Waals surface area contributed by atoms with Gasteiger partial charge in [-0.25, -0.2) is 4.98 Å². The van der Waals surface area contributed by atoms with E-state index in [-0.39, 0.29) is 5.41 Å². The van der Waals surface area contributed by atoms with Crippen LogP contribution in [0.2, 0.25) is 5.15 Å². The molecule has 17 heavy (non-hydrogen) atoms. The van der Waals surface area contributed by atoms with E-state index in [1.165, 1.54) is 0 Å². The Morgan fingerprint density at radius 2 is 1.82 bits per heavy atom. The van der Waals surface area contributed by atoms with Crippen LogP contribution in [0.1, 0.15) is 38.0 Å². The molecule has 2 aromatic rings. The van der Waals surface area contributed by atoms with Crippen LogP contribution in [0.4, 0.5) is 0 Å². The average Bonchev–Trinajstić information content (AvgIpc) is 2.56. The number of hydrogen-bond acceptors (Lipinski definition) is 3. The molecule has 2 aromatic heterocycles. The van der Waals surface area contributed by atoms with E-state index in [2.05, 4.69) is 36.0 Å². The minimum atomic E-state index is 0.166. The highest BCUT2D eigenvalue weighted by Gasteiger charge is 2.19. The van der Waals surface area contributed by atoms with Gasteiger partial charge in [-0.05, 0) is 19.3 Å². The smallest absolute Gasteiger partial charge is 0.198 e. The van der Waals surface area contributed by atoms with E-state index >= 15 is 0 Å². The number of rotatable bonds is 1. The summed E-state index contributed by atoms with van der Waals surface area (Å²) in [7, 11) is 0. The van der Waals surface area contributed by atoms with E-state index < -0.39 is 0 Å². The van der Waals surface area contributed by atoms with Crippen LogP contribution in [0.5, 0.6) is 0 Å². The van der Waals surface area contributed by atoms with Crippen molar-refractivity contribution in [3.8, 4) is 0 Å². The van der Waals surface area contributed by atoms with Crippen molar-refractivity contribution < 1.29 is 0 Å². The number of aromatic nitrogens is 4. The van der Waals surface area contributed by atoms with Gasteiger partial charge in [0.25, 0.3) is 0 Å². The van der Waals surface area contributed by atoms with Crippen LogP contribution in [0.15, 0.2) is 0 Å². The molecule has 0 atom stereocenters. The van der Waals surface area contributed by atoms with Gasteiger partial charge in [-0.15, -0.1) is 10.2 Å². The van der Waals surface area contributed by atoms with Crippen molar-refractivity contribution >= 4 is 17.2 Å². The summed E-state index contributed by atoms with van der Waals surface area (Å²) in [6.45, 7) is 10.5. The third-order valence-corrected chi connectivity index (χ3v) is 2.98. The molecule has 0 aliphatic rings. The van der Waals surface area contributed by atoms with Crippen molar-refractivity contribution in [1.82, 2.24) is 19.6 Å². The Kier molecular flexibility index (Phi) is 2.86. The fourth-order valence-electron chi connectivity index (χ4n) is 1.83. The number of hydrogen-bond donors (Lipinski definition) is 0.